The Morgan fingerprint density at radius 1 is 1.21 bits per heavy atom. The van der Waals surface area contributed by atoms with E-state index < -0.39 is 54.0 Å². The number of ether oxygens (including phenoxy) is 2. The molecule has 0 saturated heterocycles. The number of carbonyl (C=O) groups excluding carboxylic acids is 3. The van der Waals surface area contributed by atoms with Crippen LogP contribution in [0.5, 0.6) is 11.5 Å². The third-order valence-electron chi connectivity index (χ3n) is 6.40. The average molecular weight is 586 g/mol. The Bertz CT molecular complexity index is 1340. The molecule has 1 fully saturated rings. The number of halogens is 5. The van der Waals surface area contributed by atoms with Gasteiger partial charge in [-0.25, -0.2) is 13.2 Å². The zero-order valence-corrected chi connectivity index (χ0v) is 22.2. The Hall–Kier alpha value is -3.44. The van der Waals surface area contributed by atoms with E-state index in [1.807, 2.05) is 0 Å². The average Bonchev–Trinajstić information content (AvgIpc) is 3.41. The smallest absolute Gasteiger partial charge is 0.263 e. The number of rotatable bonds is 9. The van der Waals surface area contributed by atoms with Crippen molar-refractivity contribution < 1.29 is 37.0 Å². The van der Waals surface area contributed by atoms with Gasteiger partial charge >= 0.3 is 0 Å². The Labute approximate surface area is 232 Å². The lowest BCUT2D eigenvalue weighted by Gasteiger charge is -2.35. The van der Waals surface area contributed by atoms with Crippen molar-refractivity contribution in [1.29, 1.82) is 0 Å². The first-order valence-corrected chi connectivity index (χ1v) is 12.6. The summed E-state index contributed by atoms with van der Waals surface area (Å²) >= 11 is 11.6. The van der Waals surface area contributed by atoms with E-state index in [1.165, 1.54) is 37.3 Å². The summed E-state index contributed by atoms with van der Waals surface area (Å²) in [5, 5.41) is 5.33. The molecule has 2 aromatic rings. The molecular formula is C26H24Cl2F3N3O5. The second-order valence-electron chi connectivity index (χ2n) is 9.40. The molecule has 2 unspecified atom stereocenters. The second-order valence-corrected chi connectivity index (χ2v) is 10.2. The van der Waals surface area contributed by atoms with Gasteiger partial charge in [0, 0.05) is 36.2 Å². The highest BCUT2D eigenvalue weighted by Gasteiger charge is 2.73. The van der Waals surface area contributed by atoms with Crippen molar-refractivity contribution in [3.05, 3.63) is 64.5 Å². The van der Waals surface area contributed by atoms with E-state index in [0.29, 0.717) is 0 Å². The largest absolute Gasteiger partial charge is 0.484 e. The van der Waals surface area contributed by atoms with Crippen LogP contribution in [-0.2, 0) is 14.4 Å². The van der Waals surface area contributed by atoms with Gasteiger partial charge in [-0.15, -0.1) is 0 Å². The van der Waals surface area contributed by atoms with Crippen LogP contribution in [-0.4, -0.2) is 49.4 Å². The lowest BCUT2D eigenvalue weighted by atomic mass is 10.0. The number of carbonyl (C=O) groups is 3. The molecule has 4 rings (SSSR count). The molecule has 0 spiro atoms. The highest BCUT2D eigenvalue weighted by atomic mass is 35.5. The monoisotopic (exact) mass is 585 g/mol. The van der Waals surface area contributed by atoms with Gasteiger partial charge in [-0.05, 0) is 37.3 Å². The molecule has 0 bridgehead atoms. The van der Waals surface area contributed by atoms with Gasteiger partial charge in [0.15, 0.2) is 12.7 Å². The van der Waals surface area contributed by atoms with Gasteiger partial charge in [-0.1, -0.05) is 29.8 Å². The van der Waals surface area contributed by atoms with Gasteiger partial charge in [0.1, 0.15) is 22.7 Å². The zero-order chi connectivity index (χ0) is 28.5. The predicted octanol–water partition coefficient (Wildman–Crippen LogP) is 4.49. The molecule has 3 amide bonds. The van der Waals surface area contributed by atoms with Crippen molar-refractivity contribution in [3.8, 4) is 11.5 Å². The number of amides is 3. The fraction of sp³-hybridized carbons (Fsp3) is 0.346. The number of hydrogen-bond acceptors (Lipinski definition) is 5. The van der Waals surface area contributed by atoms with E-state index in [9.17, 15) is 27.6 Å². The highest BCUT2D eigenvalue weighted by Crippen LogP contribution is 2.61. The van der Waals surface area contributed by atoms with Crippen LogP contribution in [0, 0.1) is 11.2 Å². The van der Waals surface area contributed by atoms with E-state index in [0.717, 1.165) is 11.0 Å². The molecule has 0 radical (unpaired) electrons. The number of hydrogen-bond donors (Lipinski definition) is 2. The molecule has 2 N–H and O–H groups in total. The highest BCUT2D eigenvalue weighted by molar-refractivity contribution is 6.31. The van der Waals surface area contributed by atoms with Crippen LogP contribution in [0.15, 0.2) is 48.7 Å². The van der Waals surface area contributed by atoms with Crippen molar-refractivity contribution in [2.75, 3.05) is 24.6 Å². The summed E-state index contributed by atoms with van der Waals surface area (Å²) < 4.78 is 52.3. The van der Waals surface area contributed by atoms with Crippen molar-refractivity contribution in [1.82, 2.24) is 10.6 Å². The minimum atomic E-state index is -3.14. The summed E-state index contributed by atoms with van der Waals surface area (Å²) in [6.07, 6.45) is -1.60. The normalized spacial score (nSPS) is 20.8. The SMILES string of the molecule is C=C(CCNC(=O)C1CN(C(=O)C2(C)CC2(F)F)c2cc(Cl)ccc2O1)NC(=O)COc1ccc(Cl)c(F)c1. The van der Waals surface area contributed by atoms with Crippen LogP contribution >= 0.6 is 23.2 Å². The molecule has 1 saturated carbocycles. The maximum atomic E-state index is 13.9. The summed E-state index contributed by atoms with van der Waals surface area (Å²) in [6, 6.07) is 8.14. The molecule has 8 nitrogen and oxygen atoms in total. The number of fused-ring (bicyclic) bond motifs is 1. The molecule has 13 heteroatoms. The maximum Gasteiger partial charge on any atom is 0.263 e. The first-order chi connectivity index (χ1) is 18.3. The molecular weight excluding hydrogens is 562 g/mol. The molecule has 2 atom stereocenters. The van der Waals surface area contributed by atoms with Crippen LogP contribution in [0.2, 0.25) is 10.0 Å². The topological polar surface area (TPSA) is 97.0 Å². The zero-order valence-electron chi connectivity index (χ0n) is 20.7. The van der Waals surface area contributed by atoms with Gasteiger partial charge in [-0.3, -0.25) is 14.4 Å². The number of nitrogens with one attached hydrogen (secondary N) is 2. The minimum Gasteiger partial charge on any atom is -0.484 e. The first-order valence-electron chi connectivity index (χ1n) is 11.8. The minimum absolute atomic E-state index is 0.0538. The Morgan fingerprint density at radius 3 is 2.59 bits per heavy atom. The molecule has 2 aliphatic rings. The van der Waals surface area contributed by atoms with Crippen LogP contribution in [0.1, 0.15) is 19.8 Å². The quantitative estimate of drug-likeness (QED) is 0.452. The lowest BCUT2D eigenvalue weighted by Crippen LogP contribution is -2.52. The van der Waals surface area contributed by atoms with Gasteiger partial charge in [0.2, 0.25) is 5.91 Å². The van der Waals surface area contributed by atoms with E-state index in [1.54, 1.807) is 0 Å². The van der Waals surface area contributed by atoms with E-state index >= 15 is 0 Å². The predicted molar refractivity (Wildman–Crippen MR) is 138 cm³/mol. The first kappa shape index (κ1) is 28.6. The standard InChI is InChI=1S/C26H24Cl2F3N3O5/c1-14(33-22(35)12-38-16-4-5-17(28)18(29)10-16)7-8-32-23(36)21-11-34(24(37)25(2)13-26(25,30)31)19-9-15(27)3-6-20(19)39-21/h3-6,9-10,21H,1,7-8,11-13H2,2H3,(H,32,36)(H,33,35). The fourth-order valence-electron chi connectivity index (χ4n) is 3.98. The number of anilines is 1. The molecule has 1 aliphatic heterocycles. The molecule has 39 heavy (non-hydrogen) atoms. The van der Waals surface area contributed by atoms with Crippen LogP contribution in [0.3, 0.4) is 0 Å². The summed E-state index contributed by atoms with van der Waals surface area (Å²) in [5.41, 5.74) is -1.39. The Morgan fingerprint density at radius 2 is 1.92 bits per heavy atom. The number of benzene rings is 2. The van der Waals surface area contributed by atoms with Gasteiger partial charge in [-0.2, -0.15) is 0 Å². The van der Waals surface area contributed by atoms with Crippen LogP contribution < -0.4 is 25.0 Å². The van der Waals surface area contributed by atoms with Crippen molar-refractivity contribution in [2.45, 2.75) is 31.8 Å². The maximum absolute atomic E-state index is 13.9. The van der Waals surface area contributed by atoms with Crippen molar-refractivity contribution in [2.24, 2.45) is 5.41 Å². The van der Waals surface area contributed by atoms with E-state index in [4.69, 9.17) is 32.7 Å². The van der Waals surface area contributed by atoms with Crippen LogP contribution in [0.4, 0.5) is 18.9 Å². The third kappa shape index (κ3) is 6.25. The van der Waals surface area contributed by atoms with Gasteiger partial charge < -0.3 is 25.0 Å². The Kier molecular flexibility index (Phi) is 8.04. The fourth-order valence-corrected chi connectivity index (χ4v) is 4.26. The lowest BCUT2D eigenvalue weighted by molar-refractivity contribution is -0.130. The van der Waals surface area contributed by atoms with E-state index in [2.05, 4.69) is 17.2 Å². The second kappa shape index (κ2) is 11.0. The summed E-state index contributed by atoms with van der Waals surface area (Å²) in [5.74, 6) is -5.51. The summed E-state index contributed by atoms with van der Waals surface area (Å²) in [4.78, 5) is 39.1. The van der Waals surface area contributed by atoms with Gasteiger partial charge in [0.05, 0.1) is 17.3 Å². The summed E-state index contributed by atoms with van der Waals surface area (Å²) in [7, 11) is 0. The number of alkyl halides is 2. The number of nitrogens with zero attached hydrogens (tertiary/aromatic N) is 1. The Balaban J connectivity index is 1.28. The third-order valence-corrected chi connectivity index (χ3v) is 6.94. The molecule has 2 aromatic carbocycles. The van der Waals surface area contributed by atoms with Crippen molar-refractivity contribution in [3.63, 3.8) is 0 Å². The molecule has 208 valence electrons. The van der Waals surface area contributed by atoms with Crippen LogP contribution in [0.25, 0.3) is 0 Å². The molecule has 0 aromatic heterocycles. The molecule has 1 heterocycles. The van der Waals surface area contributed by atoms with E-state index in [-0.39, 0.29) is 52.4 Å². The van der Waals surface area contributed by atoms with Gasteiger partial charge in [0.25, 0.3) is 17.7 Å². The molecule has 1 aliphatic carbocycles. The summed E-state index contributed by atoms with van der Waals surface area (Å²) in [6.45, 7) is 4.26. The van der Waals surface area contributed by atoms with Crippen molar-refractivity contribution >= 4 is 46.6 Å².